The van der Waals surface area contributed by atoms with Crippen LogP contribution in [0.3, 0.4) is 0 Å². The molecule has 1 aliphatic rings. The van der Waals surface area contributed by atoms with Gasteiger partial charge in [-0.1, -0.05) is 17.3 Å². The molecule has 2 aromatic rings. The van der Waals surface area contributed by atoms with Crippen LogP contribution in [0.2, 0.25) is 0 Å². The molecule has 0 spiro atoms. The summed E-state index contributed by atoms with van der Waals surface area (Å²) in [7, 11) is 0. The number of nitrogens with zero attached hydrogens (tertiary/aromatic N) is 1. The van der Waals surface area contributed by atoms with Gasteiger partial charge in [0, 0.05) is 18.5 Å². The molecular weight excluding hydrogens is 259 g/mol. The highest BCUT2D eigenvalue weighted by molar-refractivity contribution is 5.92. The monoisotopic (exact) mass is 274 g/mol. The van der Waals surface area contributed by atoms with Crippen molar-refractivity contribution < 1.29 is 13.7 Å². The molecule has 0 aliphatic heterocycles. The first-order valence-corrected chi connectivity index (χ1v) is 6.71. The van der Waals surface area contributed by atoms with Gasteiger partial charge in [0.2, 0.25) is 0 Å². The zero-order valence-electron chi connectivity index (χ0n) is 10.9. The van der Waals surface area contributed by atoms with Crippen LogP contribution in [-0.4, -0.2) is 17.6 Å². The van der Waals surface area contributed by atoms with E-state index in [9.17, 15) is 9.18 Å². The average Bonchev–Trinajstić information content (AvgIpc) is 3.16. The molecule has 1 heterocycles. The lowest BCUT2D eigenvalue weighted by molar-refractivity contribution is 0.0945. The number of hydrogen-bond acceptors (Lipinski definition) is 3. The first-order chi connectivity index (χ1) is 9.72. The number of halogens is 1. The lowest BCUT2D eigenvalue weighted by Gasteiger charge is -2.03. The molecule has 0 radical (unpaired) electrons. The van der Waals surface area contributed by atoms with E-state index >= 15 is 0 Å². The number of amides is 1. The second-order valence-electron chi connectivity index (χ2n) is 5.02. The minimum atomic E-state index is -0.264. The van der Waals surface area contributed by atoms with Gasteiger partial charge in [0.15, 0.2) is 5.69 Å². The van der Waals surface area contributed by atoms with E-state index in [4.69, 9.17) is 4.52 Å². The lowest BCUT2D eigenvalue weighted by Crippen LogP contribution is -2.25. The minimum Gasteiger partial charge on any atom is -0.360 e. The Hall–Kier alpha value is -2.17. The number of carbonyl (C=O) groups is 1. The van der Waals surface area contributed by atoms with Crippen LogP contribution in [-0.2, 0) is 6.42 Å². The summed E-state index contributed by atoms with van der Waals surface area (Å²) in [6.45, 7) is 0.438. The van der Waals surface area contributed by atoms with Crippen LogP contribution in [0.1, 0.15) is 40.6 Å². The molecule has 1 aliphatic carbocycles. The van der Waals surface area contributed by atoms with E-state index < -0.39 is 0 Å². The van der Waals surface area contributed by atoms with Crippen LogP contribution in [0.25, 0.3) is 0 Å². The van der Waals surface area contributed by atoms with E-state index in [0.717, 1.165) is 24.2 Å². The molecule has 0 saturated heterocycles. The highest BCUT2D eigenvalue weighted by Gasteiger charge is 2.28. The topological polar surface area (TPSA) is 55.1 Å². The van der Waals surface area contributed by atoms with Gasteiger partial charge >= 0.3 is 0 Å². The predicted molar refractivity (Wildman–Crippen MR) is 70.9 cm³/mol. The van der Waals surface area contributed by atoms with Crippen molar-refractivity contribution in [3.8, 4) is 0 Å². The minimum absolute atomic E-state index is 0.253. The van der Waals surface area contributed by atoms with E-state index in [-0.39, 0.29) is 11.7 Å². The fourth-order valence-corrected chi connectivity index (χ4v) is 2.06. The maximum Gasteiger partial charge on any atom is 0.273 e. The summed E-state index contributed by atoms with van der Waals surface area (Å²) in [5, 5.41) is 6.53. The Bertz CT molecular complexity index is 620. The highest BCUT2D eigenvalue weighted by atomic mass is 19.1. The normalized spacial score (nSPS) is 14.2. The van der Waals surface area contributed by atoms with Gasteiger partial charge in [-0.05, 0) is 37.0 Å². The van der Waals surface area contributed by atoms with E-state index in [1.807, 2.05) is 6.07 Å². The summed E-state index contributed by atoms with van der Waals surface area (Å²) < 4.78 is 18.1. The number of benzene rings is 1. The zero-order chi connectivity index (χ0) is 13.9. The summed E-state index contributed by atoms with van der Waals surface area (Å²) in [5.74, 6) is 0.716. The highest BCUT2D eigenvalue weighted by Crippen LogP contribution is 2.40. The van der Waals surface area contributed by atoms with E-state index in [1.165, 1.54) is 12.1 Å². The van der Waals surface area contributed by atoms with Gasteiger partial charge in [-0.2, -0.15) is 0 Å². The molecule has 4 nitrogen and oxygen atoms in total. The molecular formula is C15H15FN2O2. The molecule has 5 heteroatoms. The van der Waals surface area contributed by atoms with Gasteiger partial charge in [0.05, 0.1) is 0 Å². The molecule has 1 aromatic heterocycles. The summed E-state index contributed by atoms with van der Waals surface area (Å²) in [6.07, 6.45) is 2.79. The number of nitrogens with one attached hydrogen (secondary N) is 1. The van der Waals surface area contributed by atoms with Crippen LogP contribution in [0.5, 0.6) is 0 Å². The molecule has 20 heavy (non-hydrogen) atoms. The summed E-state index contributed by atoms with van der Waals surface area (Å²) in [4.78, 5) is 11.9. The van der Waals surface area contributed by atoms with Crippen LogP contribution in [0.15, 0.2) is 34.9 Å². The smallest absolute Gasteiger partial charge is 0.273 e. The number of rotatable bonds is 5. The Balaban J connectivity index is 1.51. The second kappa shape index (κ2) is 5.45. The standard InChI is InChI=1S/C15H15FN2O2/c16-12-3-1-2-10(8-12)6-7-17-15(19)13-9-14(20-18-13)11-4-5-11/h1-3,8-9,11H,4-7H2,(H,17,19). The first-order valence-electron chi connectivity index (χ1n) is 6.71. The van der Waals surface area contributed by atoms with Crippen LogP contribution in [0, 0.1) is 5.82 Å². The number of carbonyl (C=O) groups excluding carboxylic acids is 1. The summed E-state index contributed by atoms with van der Waals surface area (Å²) in [6, 6.07) is 8.06. The largest absolute Gasteiger partial charge is 0.360 e. The van der Waals surface area contributed by atoms with Gasteiger partial charge in [-0.3, -0.25) is 4.79 Å². The van der Waals surface area contributed by atoms with Crippen LogP contribution >= 0.6 is 0 Å². The molecule has 1 saturated carbocycles. The van der Waals surface area contributed by atoms with Crippen molar-refractivity contribution in [2.75, 3.05) is 6.54 Å². The summed E-state index contributed by atoms with van der Waals surface area (Å²) in [5.41, 5.74) is 1.16. The molecule has 0 atom stereocenters. The third kappa shape index (κ3) is 3.04. The van der Waals surface area contributed by atoms with E-state index in [0.29, 0.717) is 24.6 Å². The first kappa shape index (κ1) is 12.8. The van der Waals surface area contributed by atoms with Gasteiger partial charge in [0.1, 0.15) is 11.6 Å². The Labute approximate surface area is 116 Å². The Kier molecular flexibility index (Phi) is 3.50. The van der Waals surface area contributed by atoms with Gasteiger partial charge in [0.25, 0.3) is 5.91 Å². The Morgan fingerprint density at radius 3 is 3.00 bits per heavy atom. The fraction of sp³-hybridized carbons (Fsp3) is 0.333. The fourth-order valence-electron chi connectivity index (χ4n) is 2.06. The van der Waals surface area contributed by atoms with Crippen molar-refractivity contribution >= 4 is 5.91 Å². The molecule has 0 bridgehead atoms. The maximum absolute atomic E-state index is 13.0. The van der Waals surface area contributed by atoms with Crippen LogP contribution < -0.4 is 5.32 Å². The van der Waals surface area contributed by atoms with Crippen molar-refractivity contribution in [1.29, 1.82) is 0 Å². The van der Waals surface area contributed by atoms with Crippen molar-refractivity contribution in [1.82, 2.24) is 10.5 Å². The molecule has 1 aromatic carbocycles. The lowest BCUT2D eigenvalue weighted by atomic mass is 10.1. The van der Waals surface area contributed by atoms with E-state index in [2.05, 4.69) is 10.5 Å². The number of aromatic nitrogens is 1. The van der Waals surface area contributed by atoms with Gasteiger partial charge in [-0.25, -0.2) is 4.39 Å². The second-order valence-corrected chi connectivity index (χ2v) is 5.02. The Morgan fingerprint density at radius 2 is 2.25 bits per heavy atom. The van der Waals surface area contributed by atoms with Crippen molar-refractivity contribution in [2.24, 2.45) is 0 Å². The zero-order valence-corrected chi connectivity index (χ0v) is 10.9. The average molecular weight is 274 g/mol. The number of hydrogen-bond donors (Lipinski definition) is 1. The van der Waals surface area contributed by atoms with Crippen molar-refractivity contribution in [3.05, 3.63) is 53.2 Å². The van der Waals surface area contributed by atoms with Crippen molar-refractivity contribution in [3.63, 3.8) is 0 Å². The van der Waals surface area contributed by atoms with Gasteiger partial charge in [-0.15, -0.1) is 0 Å². The SMILES string of the molecule is O=C(NCCc1cccc(F)c1)c1cc(C2CC2)on1. The molecule has 1 fully saturated rings. The van der Waals surface area contributed by atoms with Crippen LogP contribution in [0.4, 0.5) is 4.39 Å². The maximum atomic E-state index is 13.0. The molecule has 104 valence electrons. The quantitative estimate of drug-likeness (QED) is 0.912. The van der Waals surface area contributed by atoms with E-state index in [1.54, 1.807) is 12.1 Å². The Morgan fingerprint density at radius 1 is 1.40 bits per heavy atom. The van der Waals surface area contributed by atoms with Gasteiger partial charge < -0.3 is 9.84 Å². The summed E-state index contributed by atoms with van der Waals surface area (Å²) >= 11 is 0. The third-order valence-electron chi connectivity index (χ3n) is 3.33. The molecule has 1 N–H and O–H groups in total. The third-order valence-corrected chi connectivity index (χ3v) is 3.33. The van der Waals surface area contributed by atoms with Crippen molar-refractivity contribution in [2.45, 2.75) is 25.2 Å². The predicted octanol–water partition coefficient (Wildman–Crippen LogP) is 2.66. The molecule has 3 rings (SSSR count). The molecule has 1 amide bonds. The molecule has 0 unspecified atom stereocenters.